The number of amides is 2. The summed E-state index contributed by atoms with van der Waals surface area (Å²) in [6.45, 7) is 1.25. The number of nitrogens with zero attached hydrogens (tertiary/aromatic N) is 1. The molecule has 1 saturated heterocycles. The summed E-state index contributed by atoms with van der Waals surface area (Å²) >= 11 is 0. The van der Waals surface area contributed by atoms with E-state index in [0.29, 0.717) is 13.1 Å². The first-order valence-corrected chi connectivity index (χ1v) is 7.51. The molecule has 0 saturated carbocycles. The second-order valence-corrected chi connectivity index (χ2v) is 5.54. The Morgan fingerprint density at radius 3 is 2.74 bits per heavy atom. The van der Waals surface area contributed by atoms with Gasteiger partial charge in [0.2, 0.25) is 11.8 Å². The number of hydrogen-bond acceptors (Lipinski definition) is 4. The maximum absolute atomic E-state index is 12.3. The van der Waals surface area contributed by atoms with E-state index in [1.165, 1.54) is 7.11 Å². The molecule has 0 radical (unpaired) electrons. The van der Waals surface area contributed by atoms with Crippen LogP contribution in [0.4, 0.5) is 5.69 Å². The Balaban J connectivity index is 0.00000264. The lowest BCUT2D eigenvalue weighted by Crippen LogP contribution is -2.51. The molecule has 1 fully saturated rings. The molecule has 6 nitrogen and oxygen atoms in total. The molecule has 23 heavy (non-hydrogen) atoms. The Morgan fingerprint density at radius 1 is 1.39 bits per heavy atom. The van der Waals surface area contributed by atoms with Crippen molar-refractivity contribution < 1.29 is 14.3 Å². The van der Waals surface area contributed by atoms with Crippen molar-refractivity contribution in [2.75, 3.05) is 32.1 Å². The van der Waals surface area contributed by atoms with Gasteiger partial charge in [0.05, 0.1) is 12.5 Å². The summed E-state index contributed by atoms with van der Waals surface area (Å²) in [6.07, 6.45) is 1.58. The minimum atomic E-state index is -0.666. The lowest BCUT2D eigenvalue weighted by atomic mass is 9.96. The minimum absolute atomic E-state index is 0. The summed E-state index contributed by atoms with van der Waals surface area (Å²) in [5.74, 6) is -0.407. The summed E-state index contributed by atoms with van der Waals surface area (Å²) in [7, 11) is 1.51. The molecule has 2 rings (SSSR count). The fourth-order valence-corrected chi connectivity index (χ4v) is 2.64. The second kappa shape index (κ2) is 9.50. The molecule has 0 aliphatic carbocycles. The van der Waals surface area contributed by atoms with Gasteiger partial charge in [-0.05, 0) is 25.0 Å². The molecular formula is C16H24ClN3O3. The average Bonchev–Trinajstić information content (AvgIpc) is 2.55. The second-order valence-electron chi connectivity index (χ2n) is 5.54. The number of ether oxygens (including phenoxy) is 1. The first-order valence-electron chi connectivity index (χ1n) is 7.51. The van der Waals surface area contributed by atoms with Gasteiger partial charge in [-0.25, -0.2) is 0 Å². The van der Waals surface area contributed by atoms with Crippen LogP contribution in [0.2, 0.25) is 0 Å². The predicted octanol–water partition coefficient (Wildman–Crippen LogP) is 1.26. The van der Waals surface area contributed by atoms with E-state index in [1.807, 2.05) is 30.3 Å². The SMILES string of the molecule is COCC(N)C(=O)N1CCCC(C(=O)Nc2ccccc2)C1.Cl. The van der Waals surface area contributed by atoms with Crippen LogP contribution < -0.4 is 11.1 Å². The normalized spacial score (nSPS) is 18.7. The molecule has 1 aromatic carbocycles. The number of carbonyl (C=O) groups excluding carboxylic acids is 2. The van der Waals surface area contributed by atoms with Crippen LogP contribution in [0.25, 0.3) is 0 Å². The Bertz CT molecular complexity index is 513. The average molecular weight is 342 g/mol. The van der Waals surface area contributed by atoms with Crippen LogP contribution >= 0.6 is 12.4 Å². The zero-order valence-electron chi connectivity index (χ0n) is 13.2. The van der Waals surface area contributed by atoms with Crippen molar-refractivity contribution in [2.24, 2.45) is 11.7 Å². The van der Waals surface area contributed by atoms with Gasteiger partial charge >= 0.3 is 0 Å². The van der Waals surface area contributed by atoms with Crippen LogP contribution in [-0.2, 0) is 14.3 Å². The van der Waals surface area contributed by atoms with Crippen molar-refractivity contribution >= 4 is 29.9 Å². The lowest BCUT2D eigenvalue weighted by Gasteiger charge is -2.33. The van der Waals surface area contributed by atoms with Crippen LogP contribution in [0.1, 0.15) is 12.8 Å². The number of halogens is 1. The van der Waals surface area contributed by atoms with Gasteiger partial charge in [0.15, 0.2) is 0 Å². The Morgan fingerprint density at radius 2 is 2.09 bits per heavy atom. The molecule has 7 heteroatoms. The van der Waals surface area contributed by atoms with Crippen LogP contribution in [0, 0.1) is 5.92 Å². The number of likely N-dealkylation sites (tertiary alicyclic amines) is 1. The standard InChI is InChI=1S/C16H23N3O3.ClH/c1-22-11-14(17)16(21)19-9-5-6-12(10-19)15(20)18-13-7-3-2-4-8-13;/h2-4,7-8,12,14H,5-6,9-11,17H2,1H3,(H,18,20);1H. The highest BCUT2D eigenvalue weighted by Gasteiger charge is 2.30. The van der Waals surface area contributed by atoms with Crippen LogP contribution in [-0.4, -0.2) is 49.6 Å². The molecule has 1 heterocycles. The number of hydrogen-bond donors (Lipinski definition) is 2. The Kier molecular flexibility index (Phi) is 8.02. The first-order chi connectivity index (χ1) is 10.6. The quantitative estimate of drug-likeness (QED) is 0.844. The highest BCUT2D eigenvalue weighted by molar-refractivity contribution is 5.93. The van der Waals surface area contributed by atoms with Gasteiger partial charge in [-0.1, -0.05) is 18.2 Å². The summed E-state index contributed by atoms with van der Waals surface area (Å²) in [5, 5.41) is 2.89. The molecule has 2 amide bonds. The maximum atomic E-state index is 12.3. The van der Waals surface area contributed by atoms with E-state index in [2.05, 4.69) is 5.32 Å². The molecule has 0 bridgehead atoms. The third-order valence-electron chi connectivity index (χ3n) is 3.81. The van der Waals surface area contributed by atoms with Crippen molar-refractivity contribution in [3.05, 3.63) is 30.3 Å². The summed E-state index contributed by atoms with van der Waals surface area (Å²) in [4.78, 5) is 26.2. The van der Waals surface area contributed by atoms with E-state index >= 15 is 0 Å². The van der Waals surface area contributed by atoms with Crippen LogP contribution in [0.15, 0.2) is 30.3 Å². The van der Waals surface area contributed by atoms with Crippen molar-refractivity contribution in [2.45, 2.75) is 18.9 Å². The monoisotopic (exact) mass is 341 g/mol. The number of para-hydroxylation sites is 1. The van der Waals surface area contributed by atoms with Crippen molar-refractivity contribution in [1.82, 2.24) is 4.90 Å². The predicted molar refractivity (Wildman–Crippen MR) is 91.5 cm³/mol. The Labute approximate surface area is 142 Å². The van der Waals surface area contributed by atoms with Gasteiger partial charge < -0.3 is 20.7 Å². The minimum Gasteiger partial charge on any atom is -0.383 e. The van der Waals surface area contributed by atoms with Gasteiger partial charge in [-0.3, -0.25) is 9.59 Å². The van der Waals surface area contributed by atoms with E-state index in [1.54, 1.807) is 4.90 Å². The third kappa shape index (κ3) is 5.49. The highest BCUT2D eigenvalue weighted by Crippen LogP contribution is 2.19. The third-order valence-corrected chi connectivity index (χ3v) is 3.81. The zero-order valence-corrected chi connectivity index (χ0v) is 14.1. The van der Waals surface area contributed by atoms with Crippen LogP contribution in [0.3, 0.4) is 0 Å². The van der Waals surface area contributed by atoms with Crippen molar-refractivity contribution in [3.63, 3.8) is 0 Å². The molecule has 128 valence electrons. The van der Waals surface area contributed by atoms with Crippen LogP contribution in [0.5, 0.6) is 0 Å². The molecule has 3 N–H and O–H groups in total. The largest absolute Gasteiger partial charge is 0.383 e. The van der Waals surface area contributed by atoms with Gasteiger partial charge in [-0.2, -0.15) is 0 Å². The lowest BCUT2D eigenvalue weighted by molar-refractivity contribution is -0.136. The molecule has 1 aromatic rings. The molecule has 1 aliphatic rings. The van der Waals surface area contributed by atoms with E-state index in [-0.39, 0.29) is 36.7 Å². The van der Waals surface area contributed by atoms with Crippen molar-refractivity contribution in [1.29, 1.82) is 0 Å². The van der Waals surface area contributed by atoms with Gasteiger partial charge in [0, 0.05) is 25.9 Å². The fraction of sp³-hybridized carbons (Fsp3) is 0.500. The number of nitrogens with one attached hydrogen (secondary N) is 1. The number of nitrogens with two attached hydrogens (primary N) is 1. The smallest absolute Gasteiger partial charge is 0.241 e. The Hall–Kier alpha value is -1.63. The topological polar surface area (TPSA) is 84.7 Å². The van der Waals surface area contributed by atoms with Gasteiger partial charge in [0.1, 0.15) is 6.04 Å². The number of carbonyl (C=O) groups is 2. The number of methoxy groups -OCH3 is 1. The van der Waals surface area contributed by atoms with Gasteiger partial charge in [-0.15, -0.1) is 12.4 Å². The zero-order chi connectivity index (χ0) is 15.9. The van der Waals surface area contributed by atoms with E-state index in [0.717, 1.165) is 18.5 Å². The number of rotatable bonds is 5. The molecule has 2 unspecified atom stereocenters. The number of benzene rings is 1. The number of piperidine rings is 1. The van der Waals surface area contributed by atoms with E-state index in [4.69, 9.17) is 10.5 Å². The van der Waals surface area contributed by atoms with Crippen molar-refractivity contribution in [3.8, 4) is 0 Å². The number of anilines is 1. The highest BCUT2D eigenvalue weighted by atomic mass is 35.5. The fourth-order valence-electron chi connectivity index (χ4n) is 2.64. The first kappa shape index (κ1) is 19.4. The summed E-state index contributed by atoms with van der Waals surface area (Å²) < 4.78 is 4.92. The molecule has 0 spiro atoms. The van der Waals surface area contributed by atoms with E-state index < -0.39 is 6.04 Å². The summed E-state index contributed by atoms with van der Waals surface area (Å²) in [5.41, 5.74) is 6.56. The summed E-state index contributed by atoms with van der Waals surface area (Å²) in [6, 6.07) is 8.66. The maximum Gasteiger partial charge on any atom is 0.241 e. The molecule has 1 aliphatic heterocycles. The molecular weight excluding hydrogens is 318 g/mol. The molecule has 2 atom stereocenters. The molecule has 0 aromatic heterocycles. The van der Waals surface area contributed by atoms with E-state index in [9.17, 15) is 9.59 Å². The van der Waals surface area contributed by atoms with Gasteiger partial charge in [0.25, 0.3) is 0 Å².